The molecule has 1 heterocycles. The predicted molar refractivity (Wildman–Crippen MR) is 149 cm³/mol. The first kappa shape index (κ1) is 26.2. The first-order valence-electron chi connectivity index (χ1n) is 12.0. The fraction of sp³-hybridized carbons (Fsp3) is 0.207. The zero-order valence-electron chi connectivity index (χ0n) is 20.8. The Labute approximate surface area is 221 Å². The molecule has 3 aromatic rings. The number of rotatable bonds is 10. The number of thioether (sulfide) groups is 1. The fourth-order valence-corrected chi connectivity index (χ4v) is 4.52. The van der Waals surface area contributed by atoms with Crippen molar-refractivity contribution in [3.05, 3.63) is 94.9 Å². The summed E-state index contributed by atoms with van der Waals surface area (Å²) in [5.74, 6) is 0.226. The van der Waals surface area contributed by atoms with E-state index in [1.807, 2.05) is 86.7 Å². The maximum absolute atomic E-state index is 13.1. The largest absolute Gasteiger partial charge is 0.484 e. The molecule has 0 spiro atoms. The van der Waals surface area contributed by atoms with Crippen LogP contribution < -0.4 is 10.1 Å². The molecule has 1 aliphatic rings. The normalized spacial score (nSPS) is 15.4. The second kappa shape index (κ2) is 12.9. The van der Waals surface area contributed by atoms with E-state index in [4.69, 9.17) is 9.47 Å². The molecular weight excluding hydrogens is 486 g/mol. The average molecular weight is 516 g/mol. The number of nitrogens with one attached hydrogen (secondary N) is 1. The van der Waals surface area contributed by atoms with Crippen molar-refractivity contribution in [1.82, 2.24) is 4.90 Å². The number of hydrogen-bond donors (Lipinski definition) is 1. The van der Waals surface area contributed by atoms with Crippen LogP contribution in [0.15, 0.2) is 88.8 Å². The van der Waals surface area contributed by atoms with Crippen molar-refractivity contribution >= 4 is 46.2 Å². The number of para-hydroxylation sites is 1. The van der Waals surface area contributed by atoms with Gasteiger partial charge in [0.2, 0.25) is 0 Å². The molecule has 190 valence electrons. The highest BCUT2D eigenvalue weighted by molar-refractivity contribution is 8.18. The van der Waals surface area contributed by atoms with Gasteiger partial charge in [0.1, 0.15) is 5.75 Å². The fourth-order valence-electron chi connectivity index (χ4n) is 3.50. The molecule has 0 atom stereocenters. The standard InChI is InChI=1S/C29H29N3O4S/c1-3-35-18-17-32-28(34)26(37-29(32)31-23-7-5-4-6-8-23)19-22-11-15-25(16-12-22)36-20-27(33)30-24-13-9-21(2)10-14-24/h4-16,19H,3,17-18,20H2,1-2H3,(H,30,33)/b26-19-,31-29?. The van der Waals surface area contributed by atoms with Crippen molar-refractivity contribution in [2.75, 3.05) is 31.7 Å². The zero-order chi connectivity index (χ0) is 26.0. The van der Waals surface area contributed by atoms with Gasteiger partial charge in [-0.3, -0.25) is 14.5 Å². The van der Waals surface area contributed by atoms with Crippen LogP contribution in [0, 0.1) is 6.92 Å². The first-order valence-corrected chi connectivity index (χ1v) is 12.9. The van der Waals surface area contributed by atoms with E-state index in [0.29, 0.717) is 35.6 Å². The topological polar surface area (TPSA) is 80.2 Å². The monoisotopic (exact) mass is 515 g/mol. The van der Waals surface area contributed by atoms with E-state index in [2.05, 4.69) is 10.3 Å². The molecule has 0 bridgehead atoms. The van der Waals surface area contributed by atoms with E-state index >= 15 is 0 Å². The highest BCUT2D eigenvalue weighted by Crippen LogP contribution is 2.34. The molecule has 0 unspecified atom stereocenters. The van der Waals surface area contributed by atoms with Crippen LogP contribution in [0.25, 0.3) is 6.08 Å². The summed E-state index contributed by atoms with van der Waals surface area (Å²) in [4.78, 5) is 32.2. The summed E-state index contributed by atoms with van der Waals surface area (Å²) in [5, 5.41) is 3.44. The van der Waals surface area contributed by atoms with Gasteiger partial charge >= 0.3 is 0 Å². The molecule has 37 heavy (non-hydrogen) atoms. The van der Waals surface area contributed by atoms with Crippen LogP contribution in [0.1, 0.15) is 18.1 Å². The molecule has 0 radical (unpaired) electrons. The summed E-state index contributed by atoms with van der Waals surface area (Å²) >= 11 is 1.34. The molecule has 0 aromatic heterocycles. The summed E-state index contributed by atoms with van der Waals surface area (Å²) in [6.07, 6.45) is 1.84. The van der Waals surface area contributed by atoms with Gasteiger partial charge in [-0.25, -0.2) is 4.99 Å². The van der Waals surface area contributed by atoms with Crippen molar-refractivity contribution in [1.29, 1.82) is 0 Å². The molecule has 4 rings (SSSR count). The smallest absolute Gasteiger partial charge is 0.266 e. The molecule has 8 heteroatoms. The summed E-state index contributed by atoms with van der Waals surface area (Å²) in [5.41, 5.74) is 3.48. The predicted octanol–water partition coefficient (Wildman–Crippen LogP) is 5.65. The van der Waals surface area contributed by atoms with Gasteiger partial charge in [0.05, 0.1) is 23.7 Å². The number of aliphatic imine (C=N–C) groups is 1. The number of carbonyl (C=O) groups excluding carboxylic acids is 2. The minimum atomic E-state index is -0.236. The van der Waals surface area contributed by atoms with Crippen molar-refractivity contribution in [2.45, 2.75) is 13.8 Å². The third kappa shape index (κ3) is 7.55. The first-order chi connectivity index (χ1) is 18.0. The second-order valence-electron chi connectivity index (χ2n) is 8.27. The second-order valence-corrected chi connectivity index (χ2v) is 9.28. The Balaban J connectivity index is 1.40. The van der Waals surface area contributed by atoms with Gasteiger partial charge in [-0.15, -0.1) is 0 Å². The van der Waals surface area contributed by atoms with E-state index in [0.717, 1.165) is 22.5 Å². The number of ether oxygens (including phenoxy) is 2. The Morgan fingerprint density at radius 2 is 1.76 bits per heavy atom. The average Bonchev–Trinajstić information content (AvgIpc) is 3.19. The molecule has 1 fully saturated rings. The molecule has 2 amide bonds. The van der Waals surface area contributed by atoms with E-state index in [9.17, 15) is 9.59 Å². The number of hydrogen-bond acceptors (Lipinski definition) is 6. The number of nitrogens with zero attached hydrogens (tertiary/aromatic N) is 2. The van der Waals surface area contributed by atoms with Crippen molar-refractivity contribution in [2.24, 2.45) is 4.99 Å². The SMILES string of the molecule is CCOCCN1C(=O)/C(=C/c2ccc(OCC(=O)Nc3ccc(C)cc3)cc2)SC1=Nc1ccccc1. The minimum absolute atomic E-state index is 0.100. The number of amidine groups is 1. The van der Waals surface area contributed by atoms with Crippen molar-refractivity contribution in [3.8, 4) is 5.75 Å². The molecular formula is C29H29N3O4S. The summed E-state index contributed by atoms with van der Waals surface area (Å²) in [6, 6.07) is 24.4. The van der Waals surface area contributed by atoms with Gasteiger partial charge in [-0.2, -0.15) is 0 Å². The maximum atomic E-state index is 13.1. The molecule has 1 aliphatic heterocycles. The van der Waals surface area contributed by atoms with Crippen molar-refractivity contribution in [3.63, 3.8) is 0 Å². The number of benzene rings is 3. The number of anilines is 1. The van der Waals surface area contributed by atoms with Crippen LogP contribution in [-0.4, -0.2) is 48.2 Å². The van der Waals surface area contributed by atoms with Gasteiger partial charge in [-0.1, -0.05) is 48.0 Å². The Morgan fingerprint density at radius 3 is 2.46 bits per heavy atom. The third-order valence-electron chi connectivity index (χ3n) is 5.42. The summed E-state index contributed by atoms with van der Waals surface area (Å²) in [7, 11) is 0. The Morgan fingerprint density at radius 1 is 1.03 bits per heavy atom. The van der Waals surface area contributed by atoms with Gasteiger partial charge < -0.3 is 14.8 Å². The number of aryl methyl sites for hydroxylation is 1. The van der Waals surface area contributed by atoms with Gasteiger partial charge in [0, 0.05) is 12.3 Å². The van der Waals surface area contributed by atoms with E-state index in [1.165, 1.54) is 11.8 Å². The summed E-state index contributed by atoms with van der Waals surface area (Å²) in [6.45, 7) is 5.27. The lowest BCUT2D eigenvalue weighted by Gasteiger charge is -2.15. The molecule has 1 saturated heterocycles. The van der Waals surface area contributed by atoms with Crippen LogP contribution in [0.4, 0.5) is 11.4 Å². The Kier molecular flexibility index (Phi) is 9.13. The van der Waals surface area contributed by atoms with E-state index in [-0.39, 0.29) is 18.4 Å². The lowest BCUT2D eigenvalue weighted by Crippen LogP contribution is -2.32. The molecule has 0 aliphatic carbocycles. The van der Waals surface area contributed by atoms with Gasteiger partial charge in [0.25, 0.3) is 11.8 Å². The van der Waals surface area contributed by atoms with Crippen LogP contribution in [-0.2, 0) is 14.3 Å². The minimum Gasteiger partial charge on any atom is -0.484 e. The van der Waals surface area contributed by atoms with E-state index < -0.39 is 0 Å². The lowest BCUT2D eigenvalue weighted by molar-refractivity contribution is -0.122. The third-order valence-corrected chi connectivity index (χ3v) is 6.42. The highest BCUT2D eigenvalue weighted by Gasteiger charge is 2.33. The van der Waals surface area contributed by atoms with Gasteiger partial charge in [0.15, 0.2) is 11.8 Å². The zero-order valence-corrected chi connectivity index (χ0v) is 21.7. The molecule has 3 aromatic carbocycles. The molecule has 0 saturated carbocycles. The molecule has 1 N–H and O–H groups in total. The summed E-state index contributed by atoms with van der Waals surface area (Å²) < 4.78 is 11.1. The van der Waals surface area contributed by atoms with Crippen molar-refractivity contribution < 1.29 is 19.1 Å². The van der Waals surface area contributed by atoms with Gasteiger partial charge in [-0.05, 0) is 73.6 Å². The number of amides is 2. The lowest BCUT2D eigenvalue weighted by atomic mass is 10.2. The maximum Gasteiger partial charge on any atom is 0.266 e. The van der Waals surface area contributed by atoms with Crippen LogP contribution >= 0.6 is 11.8 Å². The van der Waals surface area contributed by atoms with Crippen LogP contribution in [0.3, 0.4) is 0 Å². The quantitative estimate of drug-likeness (QED) is 0.279. The van der Waals surface area contributed by atoms with E-state index in [1.54, 1.807) is 17.0 Å². The Hall–Kier alpha value is -3.88. The number of carbonyl (C=O) groups is 2. The van der Waals surface area contributed by atoms with Crippen LogP contribution in [0.5, 0.6) is 5.75 Å². The van der Waals surface area contributed by atoms with Crippen LogP contribution in [0.2, 0.25) is 0 Å². The Bertz CT molecular complexity index is 1270. The molecule has 7 nitrogen and oxygen atoms in total. The highest BCUT2D eigenvalue weighted by atomic mass is 32.2.